The molecule has 2 nitrogen and oxygen atoms in total. The van der Waals surface area contributed by atoms with Crippen molar-refractivity contribution in [2.45, 2.75) is 5.60 Å². The Bertz CT molecular complexity index is 850. The predicted octanol–water partition coefficient (Wildman–Crippen LogP) is 3.99. The Kier molecular flexibility index (Phi) is 2.57. The molecule has 1 aliphatic carbocycles. The number of ether oxygens (including phenoxy) is 1. The van der Waals surface area contributed by atoms with E-state index in [4.69, 9.17) is 4.74 Å². The van der Waals surface area contributed by atoms with Gasteiger partial charge in [0.25, 0.3) is 0 Å². The van der Waals surface area contributed by atoms with Crippen LogP contribution in [-0.4, -0.2) is 5.97 Å². The van der Waals surface area contributed by atoms with Gasteiger partial charge in [-0.15, -0.1) is 0 Å². The highest BCUT2D eigenvalue weighted by atomic mass is 19.1. The Hall–Kier alpha value is -2.75. The molecule has 2 aromatic carbocycles. The normalized spacial score (nSPS) is 22.4. The first-order valence-corrected chi connectivity index (χ1v) is 6.79. The molecule has 0 bridgehead atoms. The zero-order chi connectivity index (χ0) is 15.3. The van der Waals surface area contributed by atoms with Crippen molar-refractivity contribution >= 4 is 17.6 Å². The van der Waals surface area contributed by atoms with E-state index in [0.717, 1.165) is 5.56 Å². The van der Waals surface area contributed by atoms with Gasteiger partial charge in [0.1, 0.15) is 5.82 Å². The topological polar surface area (TPSA) is 26.3 Å². The maximum atomic E-state index is 14.9. The van der Waals surface area contributed by atoms with E-state index in [1.54, 1.807) is 12.1 Å². The van der Waals surface area contributed by atoms with Gasteiger partial charge >= 0.3 is 5.97 Å². The van der Waals surface area contributed by atoms with Crippen LogP contribution >= 0.6 is 0 Å². The van der Waals surface area contributed by atoms with Crippen molar-refractivity contribution in [2.24, 2.45) is 0 Å². The predicted molar refractivity (Wildman–Crippen MR) is 77.7 cm³/mol. The first-order valence-electron chi connectivity index (χ1n) is 6.79. The van der Waals surface area contributed by atoms with Crippen LogP contribution in [-0.2, 0) is 15.1 Å². The molecule has 0 aromatic heterocycles. The maximum absolute atomic E-state index is 14.9. The smallest absolute Gasteiger partial charge is 0.332 e. The molecule has 0 spiro atoms. The molecule has 0 N–H and O–H groups in total. The summed E-state index contributed by atoms with van der Waals surface area (Å²) < 4.78 is 33.4. The molecular weight excluding hydrogens is 286 g/mol. The molecule has 1 atom stereocenters. The lowest BCUT2D eigenvalue weighted by molar-refractivity contribution is -0.144. The van der Waals surface area contributed by atoms with Crippen LogP contribution in [0.3, 0.4) is 0 Å². The van der Waals surface area contributed by atoms with Crippen LogP contribution in [0.1, 0.15) is 16.7 Å². The SMILES string of the molecule is O=C1C=C2c3ccccc3C=C(F)C2(c2ccc(F)cc2)O1. The quantitative estimate of drug-likeness (QED) is 0.744. The number of hydrogen-bond acceptors (Lipinski definition) is 2. The number of carbonyl (C=O) groups is 1. The summed E-state index contributed by atoms with van der Waals surface area (Å²) in [5.74, 6) is -1.63. The van der Waals surface area contributed by atoms with Crippen LogP contribution in [0.2, 0.25) is 0 Å². The van der Waals surface area contributed by atoms with Crippen LogP contribution in [0.5, 0.6) is 0 Å². The molecule has 2 aliphatic rings. The van der Waals surface area contributed by atoms with Gasteiger partial charge in [-0.25, -0.2) is 13.6 Å². The third-order valence-electron chi connectivity index (χ3n) is 4.02. The number of carbonyl (C=O) groups excluding carboxylic acids is 1. The number of benzene rings is 2. The van der Waals surface area contributed by atoms with Gasteiger partial charge in [0.15, 0.2) is 5.83 Å². The molecule has 0 fully saturated rings. The van der Waals surface area contributed by atoms with Gasteiger partial charge in [0, 0.05) is 17.2 Å². The Morgan fingerprint density at radius 3 is 2.41 bits per heavy atom. The fourth-order valence-electron chi connectivity index (χ4n) is 3.04. The largest absolute Gasteiger partial charge is 0.439 e. The number of fused-ring (bicyclic) bond motifs is 3. The van der Waals surface area contributed by atoms with Gasteiger partial charge in [-0.3, -0.25) is 0 Å². The average molecular weight is 296 g/mol. The first-order chi connectivity index (χ1) is 10.6. The summed E-state index contributed by atoms with van der Waals surface area (Å²) in [7, 11) is 0. The standard InChI is InChI=1S/C18H10F2O2/c19-13-7-5-12(6-8-13)18-15(10-17(21)22-18)14-4-2-1-3-11(14)9-16(18)20/h1-10H. The summed E-state index contributed by atoms with van der Waals surface area (Å²) in [4.78, 5) is 11.8. The molecule has 0 radical (unpaired) electrons. The Balaban J connectivity index is 2.01. The average Bonchev–Trinajstić information content (AvgIpc) is 2.87. The van der Waals surface area contributed by atoms with Gasteiger partial charge in [0.2, 0.25) is 5.60 Å². The zero-order valence-corrected chi connectivity index (χ0v) is 11.3. The molecular formula is C18H10F2O2. The fourth-order valence-corrected chi connectivity index (χ4v) is 3.04. The van der Waals surface area contributed by atoms with Gasteiger partial charge in [0.05, 0.1) is 0 Å². The van der Waals surface area contributed by atoms with Crippen molar-refractivity contribution in [3.8, 4) is 0 Å². The van der Waals surface area contributed by atoms with Crippen LogP contribution in [0, 0.1) is 5.82 Å². The van der Waals surface area contributed by atoms with Crippen molar-refractivity contribution in [3.63, 3.8) is 0 Å². The number of esters is 1. The third kappa shape index (κ3) is 1.61. The summed E-state index contributed by atoms with van der Waals surface area (Å²) in [6, 6.07) is 12.5. The van der Waals surface area contributed by atoms with E-state index >= 15 is 0 Å². The van der Waals surface area contributed by atoms with Crippen LogP contribution in [0.4, 0.5) is 8.78 Å². The lowest BCUT2D eigenvalue weighted by Crippen LogP contribution is -2.31. The molecule has 0 saturated carbocycles. The molecule has 0 amide bonds. The Morgan fingerprint density at radius 1 is 0.909 bits per heavy atom. The molecule has 2 aromatic rings. The van der Waals surface area contributed by atoms with Gasteiger partial charge in [-0.05, 0) is 29.3 Å². The van der Waals surface area contributed by atoms with E-state index < -0.39 is 23.2 Å². The Labute approximate surface area is 125 Å². The molecule has 1 unspecified atom stereocenters. The van der Waals surface area contributed by atoms with E-state index in [0.29, 0.717) is 16.7 Å². The van der Waals surface area contributed by atoms with Crippen molar-refractivity contribution in [1.82, 2.24) is 0 Å². The maximum Gasteiger partial charge on any atom is 0.332 e. The minimum Gasteiger partial charge on any atom is -0.439 e. The summed E-state index contributed by atoms with van der Waals surface area (Å²) in [6.07, 6.45) is 2.66. The molecule has 1 heterocycles. The van der Waals surface area contributed by atoms with Crippen LogP contribution in [0.15, 0.2) is 60.4 Å². The highest BCUT2D eigenvalue weighted by Gasteiger charge is 2.51. The van der Waals surface area contributed by atoms with Gasteiger partial charge < -0.3 is 4.74 Å². The molecule has 4 heteroatoms. The van der Waals surface area contributed by atoms with E-state index in [-0.39, 0.29) is 0 Å². The molecule has 22 heavy (non-hydrogen) atoms. The van der Waals surface area contributed by atoms with Crippen molar-refractivity contribution in [2.75, 3.05) is 0 Å². The zero-order valence-electron chi connectivity index (χ0n) is 11.3. The number of rotatable bonds is 1. The Morgan fingerprint density at radius 2 is 1.64 bits per heavy atom. The minimum absolute atomic E-state index is 0.384. The molecule has 108 valence electrons. The van der Waals surface area contributed by atoms with E-state index in [1.807, 2.05) is 12.1 Å². The van der Waals surface area contributed by atoms with Crippen molar-refractivity contribution in [3.05, 3.63) is 82.9 Å². The van der Waals surface area contributed by atoms with E-state index in [9.17, 15) is 13.6 Å². The lowest BCUT2D eigenvalue weighted by Gasteiger charge is -2.33. The second kappa shape index (κ2) is 4.37. The van der Waals surface area contributed by atoms with Crippen molar-refractivity contribution in [1.29, 1.82) is 0 Å². The second-order valence-electron chi connectivity index (χ2n) is 5.25. The van der Waals surface area contributed by atoms with Crippen LogP contribution in [0.25, 0.3) is 11.6 Å². The first kappa shape index (κ1) is 13.0. The highest BCUT2D eigenvalue weighted by molar-refractivity contribution is 6.03. The monoisotopic (exact) mass is 296 g/mol. The number of halogens is 2. The van der Waals surface area contributed by atoms with Gasteiger partial charge in [-0.1, -0.05) is 36.4 Å². The molecule has 1 aliphatic heterocycles. The summed E-state index contributed by atoms with van der Waals surface area (Å²) in [5, 5.41) is 0. The minimum atomic E-state index is -1.61. The molecule has 4 rings (SSSR count). The summed E-state index contributed by atoms with van der Waals surface area (Å²) >= 11 is 0. The second-order valence-corrected chi connectivity index (χ2v) is 5.25. The third-order valence-corrected chi connectivity index (χ3v) is 4.02. The highest BCUT2D eigenvalue weighted by Crippen LogP contribution is 2.53. The van der Waals surface area contributed by atoms with E-state index in [2.05, 4.69) is 0 Å². The summed E-state index contributed by atoms with van der Waals surface area (Å²) in [5.41, 5.74) is 0.634. The van der Waals surface area contributed by atoms with Crippen molar-refractivity contribution < 1.29 is 18.3 Å². The summed E-state index contributed by atoms with van der Waals surface area (Å²) in [6.45, 7) is 0. The van der Waals surface area contributed by atoms with Crippen LogP contribution < -0.4 is 0 Å². The fraction of sp³-hybridized carbons (Fsp3) is 0.0556. The lowest BCUT2D eigenvalue weighted by atomic mass is 9.76. The number of hydrogen-bond donors (Lipinski definition) is 0. The van der Waals surface area contributed by atoms with Gasteiger partial charge in [-0.2, -0.15) is 0 Å². The molecule has 0 saturated heterocycles. The van der Waals surface area contributed by atoms with E-state index in [1.165, 1.54) is 36.4 Å².